The van der Waals surface area contributed by atoms with Crippen LogP contribution in [0, 0.1) is 13.8 Å². The molecule has 0 saturated carbocycles. The Hall–Kier alpha value is -3.48. The molecule has 7 nitrogen and oxygen atoms in total. The number of carbonyl (C=O) groups excluding carboxylic acids is 3. The van der Waals surface area contributed by atoms with E-state index in [0.717, 1.165) is 22.2 Å². The number of hydrogen-bond acceptors (Lipinski definition) is 5. The smallest absolute Gasteiger partial charge is 0.338 e. The van der Waals surface area contributed by atoms with Gasteiger partial charge in [-0.05, 0) is 68.3 Å². The number of amides is 2. The molecule has 1 aromatic heterocycles. The van der Waals surface area contributed by atoms with E-state index in [0.29, 0.717) is 11.3 Å². The third kappa shape index (κ3) is 3.18. The molecular weight excluding hydrogens is 370 g/mol. The molecule has 148 valence electrons. The van der Waals surface area contributed by atoms with Gasteiger partial charge in [0.15, 0.2) is 0 Å². The van der Waals surface area contributed by atoms with Crippen molar-refractivity contribution >= 4 is 34.5 Å². The zero-order chi connectivity index (χ0) is 20.7. The first kappa shape index (κ1) is 18.9. The van der Waals surface area contributed by atoms with Gasteiger partial charge >= 0.3 is 5.97 Å². The van der Waals surface area contributed by atoms with Crippen molar-refractivity contribution < 1.29 is 19.1 Å². The highest BCUT2D eigenvalue weighted by Gasteiger charge is 2.41. The molecule has 0 radical (unpaired) electrons. The summed E-state index contributed by atoms with van der Waals surface area (Å²) < 4.78 is 6.74. The summed E-state index contributed by atoms with van der Waals surface area (Å²) >= 11 is 0. The second kappa shape index (κ2) is 7.16. The van der Waals surface area contributed by atoms with Crippen LogP contribution in [-0.4, -0.2) is 33.9 Å². The number of esters is 1. The first-order chi connectivity index (χ1) is 13.9. The van der Waals surface area contributed by atoms with Crippen molar-refractivity contribution in [1.29, 1.82) is 0 Å². The van der Waals surface area contributed by atoms with Crippen molar-refractivity contribution in [3.8, 4) is 0 Å². The topological polar surface area (TPSA) is 81.5 Å². The number of rotatable bonds is 4. The minimum absolute atomic E-state index is 0.0663. The van der Waals surface area contributed by atoms with Crippen LogP contribution in [0.5, 0.6) is 0 Å². The number of imide groups is 1. The zero-order valence-electron chi connectivity index (χ0n) is 16.5. The van der Waals surface area contributed by atoms with Crippen LogP contribution in [0.1, 0.15) is 40.9 Å². The highest BCUT2D eigenvalue weighted by molar-refractivity contribution is 6.22. The fourth-order valence-electron chi connectivity index (χ4n) is 3.60. The second-order valence-corrected chi connectivity index (χ2v) is 7.13. The lowest BCUT2D eigenvalue weighted by molar-refractivity contribution is -0.122. The summed E-state index contributed by atoms with van der Waals surface area (Å²) in [4.78, 5) is 43.1. The Kier molecular flexibility index (Phi) is 4.66. The largest absolute Gasteiger partial charge is 0.462 e. The summed E-state index contributed by atoms with van der Waals surface area (Å²) in [6.07, 6.45) is 1.68. The number of hydrogen-bond donors (Lipinski definition) is 0. The lowest BCUT2D eigenvalue weighted by Crippen LogP contribution is -2.31. The molecule has 7 heteroatoms. The Balaban J connectivity index is 1.64. The molecule has 1 aliphatic rings. The van der Waals surface area contributed by atoms with Gasteiger partial charge in [-0.2, -0.15) is 0 Å². The number of benzene rings is 2. The van der Waals surface area contributed by atoms with Crippen molar-refractivity contribution in [3.05, 3.63) is 59.4 Å². The van der Waals surface area contributed by atoms with Crippen molar-refractivity contribution in [3.63, 3.8) is 0 Å². The maximum absolute atomic E-state index is 13.1. The monoisotopic (exact) mass is 391 g/mol. The lowest BCUT2D eigenvalue weighted by Gasteiger charge is -2.16. The van der Waals surface area contributed by atoms with Crippen LogP contribution in [0.3, 0.4) is 0 Å². The lowest BCUT2D eigenvalue weighted by atomic mass is 10.1. The molecule has 2 aromatic carbocycles. The molecule has 1 saturated heterocycles. The molecule has 0 aliphatic carbocycles. The van der Waals surface area contributed by atoms with E-state index >= 15 is 0 Å². The van der Waals surface area contributed by atoms with Gasteiger partial charge in [0.1, 0.15) is 6.04 Å². The van der Waals surface area contributed by atoms with Crippen LogP contribution in [-0.2, 0) is 14.3 Å². The van der Waals surface area contributed by atoms with E-state index in [4.69, 9.17) is 4.74 Å². The standard InChI is InChI=1S/C22H21N3O4/c1-4-29-22(28)15-5-7-16(8-6-15)25-20(26)11-19(21(25)27)24-12-23-17-9-13(2)14(3)10-18(17)24/h5-10,12,19H,4,11H2,1-3H3/t19-/m1/s1. The third-order valence-electron chi connectivity index (χ3n) is 5.29. The summed E-state index contributed by atoms with van der Waals surface area (Å²) in [5.41, 5.74) is 4.66. The molecule has 0 bridgehead atoms. The van der Waals surface area contributed by atoms with Gasteiger partial charge < -0.3 is 9.30 Å². The molecule has 1 fully saturated rings. The van der Waals surface area contributed by atoms with E-state index in [2.05, 4.69) is 4.98 Å². The number of aryl methyl sites for hydroxylation is 2. The van der Waals surface area contributed by atoms with Crippen molar-refractivity contribution in [2.45, 2.75) is 33.2 Å². The van der Waals surface area contributed by atoms with Crippen LogP contribution in [0.25, 0.3) is 11.0 Å². The SMILES string of the molecule is CCOC(=O)c1ccc(N2C(=O)C[C@@H](n3cnc4cc(C)c(C)cc43)C2=O)cc1. The highest BCUT2D eigenvalue weighted by Crippen LogP contribution is 2.32. The van der Waals surface area contributed by atoms with Gasteiger partial charge in [0.05, 0.1) is 41.6 Å². The molecular formula is C22H21N3O4. The van der Waals surface area contributed by atoms with Crippen LogP contribution in [0.4, 0.5) is 5.69 Å². The Bertz CT molecular complexity index is 1130. The van der Waals surface area contributed by atoms with Crippen molar-refractivity contribution in [2.75, 3.05) is 11.5 Å². The molecule has 4 rings (SSSR count). The zero-order valence-corrected chi connectivity index (χ0v) is 16.5. The molecule has 2 heterocycles. The first-order valence-corrected chi connectivity index (χ1v) is 9.48. The summed E-state index contributed by atoms with van der Waals surface area (Å²) in [6.45, 7) is 6.03. The summed E-state index contributed by atoms with van der Waals surface area (Å²) in [5, 5.41) is 0. The minimum Gasteiger partial charge on any atom is -0.462 e. The van der Waals surface area contributed by atoms with E-state index < -0.39 is 12.0 Å². The summed E-state index contributed by atoms with van der Waals surface area (Å²) in [5.74, 6) is -1.03. The van der Waals surface area contributed by atoms with E-state index in [1.54, 1.807) is 42.1 Å². The fourth-order valence-corrected chi connectivity index (χ4v) is 3.60. The average Bonchev–Trinajstić information content (AvgIpc) is 3.22. The van der Waals surface area contributed by atoms with Crippen LogP contribution < -0.4 is 4.90 Å². The highest BCUT2D eigenvalue weighted by atomic mass is 16.5. The van der Waals surface area contributed by atoms with Crippen LogP contribution >= 0.6 is 0 Å². The number of aromatic nitrogens is 2. The maximum Gasteiger partial charge on any atom is 0.338 e. The second-order valence-electron chi connectivity index (χ2n) is 7.13. The van der Waals surface area contributed by atoms with E-state index in [1.807, 2.05) is 26.0 Å². The van der Waals surface area contributed by atoms with Crippen molar-refractivity contribution in [2.24, 2.45) is 0 Å². The normalized spacial score (nSPS) is 16.7. The summed E-state index contributed by atoms with van der Waals surface area (Å²) in [6, 6.07) is 9.62. The first-order valence-electron chi connectivity index (χ1n) is 9.48. The number of nitrogens with zero attached hydrogens (tertiary/aromatic N) is 3. The number of ether oxygens (including phenoxy) is 1. The van der Waals surface area contributed by atoms with Gasteiger partial charge in [-0.25, -0.2) is 14.7 Å². The van der Waals surface area contributed by atoms with Gasteiger partial charge in [0.2, 0.25) is 5.91 Å². The Morgan fingerprint density at radius 3 is 2.52 bits per heavy atom. The minimum atomic E-state index is -0.640. The van der Waals surface area contributed by atoms with Crippen molar-refractivity contribution in [1.82, 2.24) is 9.55 Å². The molecule has 0 unspecified atom stereocenters. The van der Waals surface area contributed by atoms with E-state index in [9.17, 15) is 14.4 Å². The maximum atomic E-state index is 13.1. The Morgan fingerprint density at radius 2 is 1.83 bits per heavy atom. The molecule has 1 atom stereocenters. The molecule has 0 N–H and O–H groups in total. The fraction of sp³-hybridized carbons (Fsp3) is 0.273. The molecule has 1 aliphatic heterocycles. The predicted molar refractivity (Wildman–Crippen MR) is 108 cm³/mol. The van der Waals surface area contributed by atoms with Gasteiger partial charge in [-0.1, -0.05) is 0 Å². The number of anilines is 1. The van der Waals surface area contributed by atoms with Gasteiger partial charge in [-0.3, -0.25) is 9.59 Å². The molecule has 2 amide bonds. The molecule has 29 heavy (non-hydrogen) atoms. The number of imidazole rings is 1. The third-order valence-corrected chi connectivity index (χ3v) is 5.29. The van der Waals surface area contributed by atoms with Crippen LogP contribution in [0.2, 0.25) is 0 Å². The quantitative estimate of drug-likeness (QED) is 0.503. The Morgan fingerprint density at radius 1 is 1.14 bits per heavy atom. The van der Waals surface area contributed by atoms with Crippen LogP contribution in [0.15, 0.2) is 42.7 Å². The van der Waals surface area contributed by atoms with Gasteiger partial charge in [0.25, 0.3) is 5.91 Å². The predicted octanol–water partition coefficient (Wildman–Crippen LogP) is 3.33. The number of fused-ring (bicyclic) bond motifs is 1. The summed E-state index contributed by atoms with van der Waals surface area (Å²) in [7, 11) is 0. The molecule has 0 spiro atoms. The number of carbonyl (C=O) groups is 3. The van der Waals surface area contributed by atoms with E-state index in [1.165, 1.54) is 4.90 Å². The molecule has 3 aromatic rings. The van der Waals surface area contributed by atoms with Gasteiger partial charge in [-0.15, -0.1) is 0 Å². The average molecular weight is 391 g/mol. The Labute approximate surface area is 167 Å². The van der Waals surface area contributed by atoms with E-state index in [-0.39, 0.29) is 24.8 Å². The van der Waals surface area contributed by atoms with Gasteiger partial charge in [0, 0.05) is 0 Å².